The summed E-state index contributed by atoms with van der Waals surface area (Å²) in [6.07, 6.45) is 55.4. The molecule has 0 aliphatic heterocycles. The average Bonchev–Trinajstić information content (AvgIpc) is 3.39. The minimum absolute atomic E-state index is 0.107. The lowest BCUT2D eigenvalue weighted by atomic mass is 10.00. The maximum atomic E-state index is 13.1. The van der Waals surface area contributed by atoms with Crippen LogP contribution in [0.1, 0.15) is 395 Å². The number of hydrogen-bond acceptors (Lipinski definition) is 15. The summed E-state index contributed by atoms with van der Waals surface area (Å²) in [4.78, 5) is 72.8. The zero-order chi connectivity index (χ0) is 70.0. The number of phosphoric acid groups is 2. The van der Waals surface area contributed by atoms with Gasteiger partial charge in [0.2, 0.25) is 0 Å². The first kappa shape index (κ1) is 93.1. The van der Waals surface area contributed by atoms with E-state index < -0.39 is 97.5 Å². The highest BCUT2D eigenvalue weighted by atomic mass is 31.2. The van der Waals surface area contributed by atoms with Gasteiger partial charge in [-0.05, 0) is 37.5 Å². The summed E-state index contributed by atoms with van der Waals surface area (Å²) < 4.78 is 68.6. The number of phosphoric ester groups is 2. The largest absolute Gasteiger partial charge is 0.472 e. The third-order valence-electron chi connectivity index (χ3n) is 18.1. The van der Waals surface area contributed by atoms with Crippen molar-refractivity contribution in [1.29, 1.82) is 0 Å². The molecule has 0 aromatic carbocycles. The Morgan fingerprint density at radius 1 is 0.305 bits per heavy atom. The van der Waals surface area contributed by atoms with Gasteiger partial charge in [-0.2, -0.15) is 0 Å². The number of carbonyl (C=O) groups is 4. The van der Waals surface area contributed by atoms with E-state index in [0.29, 0.717) is 25.7 Å². The molecule has 0 bridgehead atoms. The standard InChI is InChI=1S/C76H148O17P2/c1-7-10-12-14-16-18-20-22-24-26-31-35-39-46-52-58-73(78)86-64-71(92-75(80)61-55-49-41-37-33-29-28-30-34-38-44-50-56-68(4)5)66-90-94(82,83)88-62-70(77)63-89-95(84,85)91-67-72(65-87-74(79)59-53-47-43-42-45-51-57-69(6)9-3)93-76(81)60-54-48-40-36-32-27-25-23-21-19-17-15-13-11-8-2/h68-72,77H,7-67H2,1-6H3,(H,82,83)(H,84,85)/t69?,70-,71-,72-/m1/s1. The Morgan fingerprint density at radius 2 is 0.537 bits per heavy atom. The number of aliphatic hydroxyl groups is 1. The van der Waals surface area contributed by atoms with E-state index in [4.69, 9.17) is 37.0 Å². The molecule has 564 valence electrons. The van der Waals surface area contributed by atoms with E-state index >= 15 is 0 Å². The van der Waals surface area contributed by atoms with Gasteiger partial charge in [-0.25, -0.2) is 9.13 Å². The number of carbonyl (C=O) groups excluding carboxylic acids is 4. The molecule has 95 heavy (non-hydrogen) atoms. The zero-order valence-electron chi connectivity index (χ0n) is 62.0. The molecule has 0 spiro atoms. The summed E-state index contributed by atoms with van der Waals surface area (Å²) in [5.41, 5.74) is 0. The highest BCUT2D eigenvalue weighted by Gasteiger charge is 2.30. The lowest BCUT2D eigenvalue weighted by molar-refractivity contribution is -0.161. The number of hydrogen-bond donors (Lipinski definition) is 3. The molecule has 6 atom stereocenters. The molecule has 0 aromatic heterocycles. The topological polar surface area (TPSA) is 237 Å². The first-order chi connectivity index (χ1) is 45.9. The average molecular weight is 1400 g/mol. The smallest absolute Gasteiger partial charge is 0.462 e. The minimum atomic E-state index is -4.96. The Labute approximate surface area is 581 Å². The highest BCUT2D eigenvalue weighted by molar-refractivity contribution is 7.47. The maximum Gasteiger partial charge on any atom is 0.472 e. The third-order valence-corrected chi connectivity index (χ3v) is 20.0. The highest BCUT2D eigenvalue weighted by Crippen LogP contribution is 2.45. The molecule has 3 unspecified atom stereocenters. The van der Waals surface area contributed by atoms with Gasteiger partial charge in [0.1, 0.15) is 19.3 Å². The van der Waals surface area contributed by atoms with Crippen molar-refractivity contribution in [3.63, 3.8) is 0 Å². The molecule has 0 aromatic rings. The lowest BCUT2D eigenvalue weighted by Gasteiger charge is -2.21. The number of rotatable bonds is 75. The van der Waals surface area contributed by atoms with Crippen molar-refractivity contribution in [2.24, 2.45) is 11.8 Å². The van der Waals surface area contributed by atoms with Gasteiger partial charge < -0.3 is 33.8 Å². The van der Waals surface area contributed by atoms with Gasteiger partial charge in [0.05, 0.1) is 26.4 Å². The van der Waals surface area contributed by atoms with Crippen LogP contribution >= 0.6 is 15.6 Å². The molecule has 0 aliphatic rings. The first-order valence-corrected chi connectivity index (χ1v) is 42.5. The van der Waals surface area contributed by atoms with Crippen molar-refractivity contribution in [2.75, 3.05) is 39.6 Å². The molecule has 0 fully saturated rings. The van der Waals surface area contributed by atoms with E-state index in [-0.39, 0.29) is 25.7 Å². The Kier molecular flexibility index (Phi) is 66.5. The van der Waals surface area contributed by atoms with Crippen LogP contribution in [0.3, 0.4) is 0 Å². The monoisotopic (exact) mass is 1400 g/mol. The molecule has 0 amide bonds. The van der Waals surface area contributed by atoms with Crippen LogP contribution in [-0.4, -0.2) is 96.7 Å². The summed E-state index contributed by atoms with van der Waals surface area (Å²) in [5.74, 6) is -0.607. The van der Waals surface area contributed by atoms with E-state index in [1.807, 2.05) is 0 Å². The summed E-state index contributed by atoms with van der Waals surface area (Å²) in [7, 11) is -9.91. The maximum absolute atomic E-state index is 13.1. The normalized spacial score (nSPS) is 14.3. The van der Waals surface area contributed by atoms with E-state index in [2.05, 4.69) is 41.5 Å². The van der Waals surface area contributed by atoms with Crippen molar-refractivity contribution in [3.8, 4) is 0 Å². The van der Waals surface area contributed by atoms with Crippen molar-refractivity contribution in [3.05, 3.63) is 0 Å². The van der Waals surface area contributed by atoms with Gasteiger partial charge in [-0.3, -0.25) is 37.3 Å². The SMILES string of the molecule is CCCCCCCCCCCCCCCCCC(=O)OC[C@H](COP(=O)(O)OC[C@@H](O)COP(=O)(O)OC[C@@H](COC(=O)CCCCCCCCC(C)CC)OC(=O)CCCCCCCCCCCCCCCCC)OC(=O)CCCCCCCCCCCCCCC(C)C. The van der Waals surface area contributed by atoms with E-state index in [1.165, 1.54) is 205 Å². The number of unbranched alkanes of at least 4 members (excludes halogenated alkanes) is 44. The molecular weight excluding hydrogens is 1250 g/mol. The second kappa shape index (κ2) is 67.9. The van der Waals surface area contributed by atoms with Crippen LogP contribution in [0, 0.1) is 11.8 Å². The van der Waals surface area contributed by atoms with Gasteiger partial charge in [-0.15, -0.1) is 0 Å². The zero-order valence-corrected chi connectivity index (χ0v) is 63.8. The van der Waals surface area contributed by atoms with Gasteiger partial charge in [0.15, 0.2) is 12.2 Å². The fraction of sp³-hybridized carbons (Fsp3) is 0.947. The second-order valence-corrected chi connectivity index (χ2v) is 31.0. The van der Waals surface area contributed by atoms with Crippen LogP contribution in [0.25, 0.3) is 0 Å². The van der Waals surface area contributed by atoms with Crippen LogP contribution < -0.4 is 0 Å². The molecular formula is C76H148O17P2. The molecule has 19 heteroatoms. The number of aliphatic hydroxyl groups excluding tert-OH is 1. The predicted molar refractivity (Wildman–Crippen MR) is 386 cm³/mol. The molecule has 0 heterocycles. The Hall–Kier alpha value is -1.94. The van der Waals surface area contributed by atoms with Crippen molar-refractivity contribution >= 4 is 39.5 Å². The van der Waals surface area contributed by atoms with E-state index in [1.54, 1.807) is 0 Å². The molecule has 0 rings (SSSR count). The summed E-state index contributed by atoms with van der Waals surface area (Å²) in [5, 5.41) is 10.6. The van der Waals surface area contributed by atoms with Gasteiger partial charge >= 0.3 is 39.5 Å². The predicted octanol–water partition coefficient (Wildman–Crippen LogP) is 22.3. The van der Waals surface area contributed by atoms with Crippen LogP contribution in [0.5, 0.6) is 0 Å². The Balaban J connectivity index is 5.25. The van der Waals surface area contributed by atoms with E-state index in [0.717, 1.165) is 108 Å². The van der Waals surface area contributed by atoms with Crippen LogP contribution in [0.2, 0.25) is 0 Å². The molecule has 0 saturated heterocycles. The summed E-state index contributed by atoms with van der Waals surface area (Å²) in [6, 6.07) is 0. The van der Waals surface area contributed by atoms with Gasteiger partial charge in [-0.1, -0.05) is 343 Å². The van der Waals surface area contributed by atoms with Crippen LogP contribution in [0.15, 0.2) is 0 Å². The van der Waals surface area contributed by atoms with Crippen molar-refractivity contribution in [2.45, 2.75) is 413 Å². The van der Waals surface area contributed by atoms with E-state index in [9.17, 15) is 43.2 Å². The Morgan fingerprint density at radius 3 is 0.800 bits per heavy atom. The number of esters is 4. The lowest BCUT2D eigenvalue weighted by Crippen LogP contribution is -2.30. The summed E-state index contributed by atoms with van der Waals surface area (Å²) >= 11 is 0. The second-order valence-electron chi connectivity index (χ2n) is 28.1. The van der Waals surface area contributed by atoms with Gasteiger partial charge in [0, 0.05) is 25.7 Å². The van der Waals surface area contributed by atoms with Crippen molar-refractivity contribution < 1.29 is 80.2 Å². The number of ether oxygens (including phenoxy) is 4. The fourth-order valence-electron chi connectivity index (χ4n) is 11.6. The quantitative estimate of drug-likeness (QED) is 0.0222. The molecule has 0 saturated carbocycles. The molecule has 17 nitrogen and oxygen atoms in total. The Bertz CT molecular complexity index is 1840. The van der Waals surface area contributed by atoms with Gasteiger partial charge in [0.25, 0.3) is 0 Å². The summed E-state index contributed by atoms with van der Waals surface area (Å²) in [6.45, 7) is 9.58. The first-order valence-electron chi connectivity index (χ1n) is 39.5. The van der Waals surface area contributed by atoms with Crippen LogP contribution in [-0.2, 0) is 65.4 Å². The molecule has 0 radical (unpaired) electrons. The molecule has 3 N–H and O–H groups in total. The minimum Gasteiger partial charge on any atom is -0.462 e. The fourth-order valence-corrected chi connectivity index (χ4v) is 13.2. The van der Waals surface area contributed by atoms with Crippen molar-refractivity contribution in [1.82, 2.24) is 0 Å². The third kappa shape index (κ3) is 69.0. The molecule has 0 aliphatic carbocycles. The van der Waals surface area contributed by atoms with Crippen LogP contribution in [0.4, 0.5) is 0 Å².